The van der Waals surface area contributed by atoms with Gasteiger partial charge in [-0.15, -0.1) is 0 Å². The van der Waals surface area contributed by atoms with Crippen LogP contribution in [0, 0.1) is 5.82 Å². The molecule has 8 nitrogen and oxygen atoms in total. The molecule has 3 aliphatic rings. The van der Waals surface area contributed by atoms with Crippen molar-refractivity contribution >= 4 is 27.5 Å². The predicted molar refractivity (Wildman–Crippen MR) is 159 cm³/mol. The molecule has 0 aliphatic carbocycles. The number of hydrogen-bond donors (Lipinski definition) is 2. The summed E-state index contributed by atoms with van der Waals surface area (Å²) in [5.74, 6) is 0.0247. The van der Waals surface area contributed by atoms with Gasteiger partial charge in [0.1, 0.15) is 35.6 Å². The van der Waals surface area contributed by atoms with Crippen LogP contribution in [0.15, 0.2) is 42.6 Å². The van der Waals surface area contributed by atoms with Gasteiger partial charge in [0.2, 0.25) is 0 Å². The molecule has 0 amide bonds. The Hall–Kier alpha value is -3.63. The van der Waals surface area contributed by atoms with Crippen molar-refractivity contribution in [3.8, 4) is 23.0 Å². The van der Waals surface area contributed by atoms with Gasteiger partial charge in [-0.3, -0.25) is 9.88 Å². The Morgan fingerprint density at radius 2 is 1.98 bits per heavy atom. The van der Waals surface area contributed by atoms with Crippen LogP contribution in [0.1, 0.15) is 38.5 Å². The van der Waals surface area contributed by atoms with Gasteiger partial charge in [0.05, 0.1) is 10.9 Å². The first-order valence-electron chi connectivity index (χ1n) is 15.0. The van der Waals surface area contributed by atoms with E-state index in [-0.39, 0.29) is 41.2 Å². The van der Waals surface area contributed by atoms with Crippen molar-refractivity contribution in [2.45, 2.75) is 56.3 Å². The molecule has 4 aromatic rings. The molecule has 0 saturated carbocycles. The quantitative estimate of drug-likeness (QED) is 0.324. The predicted octanol–water partition coefficient (Wildman–Crippen LogP) is 5.22. The maximum Gasteiger partial charge on any atom is 0.319 e. The topological polar surface area (TPSA) is 86.6 Å². The van der Waals surface area contributed by atoms with E-state index >= 15 is 4.39 Å². The van der Waals surface area contributed by atoms with Crippen LogP contribution in [0.5, 0.6) is 11.8 Å². The van der Waals surface area contributed by atoms with Crippen LogP contribution in [0.2, 0.25) is 0 Å². The van der Waals surface area contributed by atoms with Crippen LogP contribution in [-0.2, 0) is 0 Å². The first kappa shape index (κ1) is 27.2. The zero-order chi connectivity index (χ0) is 28.8. The third-order valence-corrected chi connectivity index (χ3v) is 9.36. The molecule has 1 unspecified atom stereocenters. The fourth-order valence-electron chi connectivity index (χ4n) is 7.22. The highest BCUT2D eigenvalue weighted by Crippen LogP contribution is 2.41. The molecule has 2 aromatic carbocycles. The van der Waals surface area contributed by atoms with E-state index < -0.39 is 12.0 Å². The van der Waals surface area contributed by atoms with Gasteiger partial charge in [-0.05, 0) is 62.2 Å². The Balaban J connectivity index is 1.35. The van der Waals surface area contributed by atoms with Gasteiger partial charge in [0.25, 0.3) is 0 Å². The largest absolute Gasteiger partial charge is 0.508 e. The molecule has 2 N–H and O–H groups in total. The molecular formula is C32H36F2N6O2. The summed E-state index contributed by atoms with van der Waals surface area (Å²) in [5, 5.41) is 15.9. The maximum absolute atomic E-state index is 16.6. The smallest absolute Gasteiger partial charge is 0.319 e. The number of phenolic OH excluding ortho intramolecular Hbond substituents is 1. The van der Waals surface area contributed by atoms with Gasteiger partial charge in [-0.2, -0.15) is 9.97 Å². The van der Waals surface area contributed by atoms with Crippen molar-refractivity contribution in [3.05, 3.63) is 48.4 Å². The highest BCUT2D eigenvalue weighted by atomic mass is 19.1. The minimum absolute atomic E-state index is 0.0307. The number of anilines is 1. The van der Waals surface area contributed by atoms with Crippen molar-refractivity contribution in [3.63, 3.8) is 0 Å². The van der Waals surface area contributed by atoms with Gasteiger partial charge in [0.15, 0.2) is 5.82 Å². The number of ether oxygens (including phenoxy) is 1. The number of halogens is 2. The number of phenols is 1. The van der Waals surface area contributed by atoms with E-state index in [1.807, 2.05) is 31.3 Å². The molecule has 0 bridgehead atoms. The van der Waals surface area contributed by atoms with Crippen molar-refractivity contribution in [2.75, 3.05) is 44.7 Å². The number of fused-ring (bicyclic) bond motifs is 3. The molecule has 0 spiro atoms. The lowest BCUT2D eigenvalue weighted by Gasteiger charge is -2.31. The van der Waals surface area contributed by atoms with Gasteiger partial charge >= 0.3 is 6.01 Å². The van der Waals surface area contributed by atoms with Crippen LogP contribution >= 0.6 is 0 Å². The molecule has 3 fully saturated rings. The first-order chi connectivity index (χ1) is 20.4. The van der Waals surface area contributed by atoms with Gasteiger partial charge in [-0.1, -0.05) is 30.7 Å². The third-order valence-electron chi connectivity index (χ3n) is 9.36. The van der Waals surface area contributed by atoms with E-state index in [1.165, 1.54) is 6.07 Å². The molecule has 5 heterocycles. The molecule has 2 aromatic heterocycles. The second-order valence-electron chi connectivity index (χ2n) is 12.0. The summed E-state index contributed by atoms with van der Waals surface area (Å²) in [5.41, 5.74) is 0.331. The van der Waals surface area contributed by atoms with E-state index in [4.69, 9.17) is 9.72 Å². The number of pyridine rings is 1. The number of likely N-dealkylation sites (N-methyl/N-ethyl adjacent to an activating group) is 1. The highest BCUT2D eigenvalue weighted by Gasteiger charge is 2.49. The normalized spacial score (nSPS) is 24.8. The van der Waals surface area contributed by atoms with Crippen molar-refractivity contribution in [1.82, 2.24) is 25.2 Å². The van der Waals surface area contributed by atoms with E-state index in [1.54, 1.807) is 12.3 Å². The van der Waals surface area contributed by atoms with Crippen LogP contribution in [0.25, 0.3) is 32.9 Å². The summed E-state index contributed by atoms with van der Waals surface area (Å²) < 4.78 is 37.3. The van der Waals surface area contributed by atoms with E-state index in [9.17, 15) is 9.50 Å². The Morgan fingerprint density at radius 3 is 2.86 bits per heavy atom. The molecular weight excluding hydrogens is 538 g/mol. The second kappa shape index (κ2) is 10.9. The molecule has 0 radical (unpaired) electrons. The standard InChI is InChI=1S/C32H36F2N6O2/c1-35-22-8-4-5-11-39(18-22)30-26-16-36-28(25-14-23(41)13-20-7-2-3-9-24(20)25)27(34)29(26)37-31(38-30)42-19-32-10-6-12-40(32)17-21(33)15-32/h2-3,7,9,13-14,16,21-22,35,41H,4-6,8,10-12,15,17-19H2,1H3/t21-,22?,32+/m1/s1. The van der Waals surface area contributed by atoms with Crippen LogP contribution in [0.4, 0.5) is 14.6 Å². The van der Waals surface area contributed by atoms with Gasteiger partial charge in [0, 0.05) is 43.9 Å². The second-order valence-corrected chi connectivity index (χ2v) is 12.0. The van der Waals surface area contributed by atoms with E-state index in [0.717, 1.165) is 56.0 Å². The molecule has 42 heavy (non-hydrogen) atoms. The SMILES string of the molecule is CNC1CCCCN(c2nc(OC[C@@]34CCCN3C[C@H](F)C4)nc3c(F)c(-c4cc(O)cc5ccccc45)ncc23)C1. The number of aromatic nitrogens is 3. The fourth-order valence-corrected chi connectivity index (χ4v) is 7.22. The number of hydrogen-bond acceptors (Lipinski definition) is 8. The molecule has 10 heteroatoms. The van der Waals surface area contributed by atoms with Crippen LogP contribution in [0.3, 0.4) is 0 Å². The zero-order valence-corrected chi connectivity index (χ0v) is 23.8. The average Bonchev–Trinajstić information content (AvgIpc) is 3.40. The van der Waals surface area contributed by atoms with Gasteiger partial charge in [-0.25, -0.2) is 8.78 Å². The monoisotopic (exact) mass is 574 g/mol. The number of nitrogens with zero attached hydrogens (tertiary/aromatic N) is 5. The Labute approximate surface area is 243 Å². The summed E-state index contributed by atoms with van der Waals surface area (Å²) in [6, 6.07) is 11.0. The van der Waals surface area contributed by atoms with Gasteiger partial charge < -0.3 is 20.1 Å². The van der Waals surface area contributed by atoms with Crippen LogP contribution < -0.4 is 15.0 Å². The number of aromatic hydroxyl groups is 1. The lowest BCUT2D eigenvalue weighted by Crippen LogP contribution is -2.43. The number of rotatable bonds is 6. The Morgan fingerprint density at radius 1 is 1.10 bits per heavy atom. The first-order valence-corrected chi connectivity index (χ1v) is 15.0. The third kappa shape index (κ3) is 4.80. The minimum Gasteiger partial charge on any atom is -0.508 e. The summed E-state index contributed by atoms with van der Waals surface area (Å²) >= 11 is 0. The van der Waals surface area contributed by atoms with E-state index in [2.05, 4.69) is 25.1 Å². The number of nitrogens with one attached hydrogen (secondary N) is 1. The molecule has 3 aliphatic heterocycles. The zero-order valence-electron chi connectivity index (χ0n) is 23.8. The number of benzene rings is 2. The maximum atomic E-state index is 16.6. The molecule has 3 saturated heterocycles. The summed E-state index contributed by atoms with van der Waals surface area (Å²) in [4.78, 5) is 18.4. The average molecular weight is 575 g/mol. The van der Waals surface area contributed by atoms with Crippen molar-refractivity contribution in [2.24, 2.45) is 0 Å². The summed E-state index contributed by atoms with van der Waals surface area (Å²) in [6.07, 6.45) is 6.16. The van der Waals surface area contributed by atoms with E-state index in [0.29, 0.717) is 36.3 Å². The van der Waals surface area contributed by atoms with Crippen molar-refractivity contribution < 1.29 is 18.6 Å². The summed E-state index contributed by atoms with van der Waals surface area (Å²) in [6.45, 7) is 3.02. The fraction of sp³-hybridized carbons (Fsp3) is 0.469. The lowest BCUT2D eigenvalue weighted by molar-refractivity contribution is 0.107. The molecule has 220 valence electrons. The Bertz CT molecular complexity index is 1640. The molecule has 7 rings (SSSR count). The summed E-state index contributed by atoms with van der Waals surface area (Å²) in [7, 11) is 1.96. The Kier molecular flexibility index (Phi) is 7.06. The number of alkyl halides is 1. The van der Waals surface area contributed by atoms with Crippen LogP contribution in [-0.4, -0.2) is 82.5 Å². The highest BCUT2D eigenvalue weighted by molar-refractivity contribution is 5.99. The minimum atomic E-state index is -0.874. The lowest BCUT2D eigenvalue weighted by atomic mass is 9.95. The molecule has 3 atom stereocenters. The van der Waals surface area contributed by atoms with Crippen molar-refractivity contribution in [1.29, 1.82) is 0 Å².